The predicted molar refractivity (Wildman–Crippen MR) is 175 cm³/mol. The zero-order chi connectivity index (χ0) is 31.1. The van der Waals surface area contributed by atoms with Crippen LogP contribution in [0.25, 0.3) is 54.8 Å². The fourth-order valence-corrected chi connectivity index (χ4v) is 6.69. The van der Waals surface area contributed by atoms with Crippen LogP contribution in [0.2, 0.25) is 10.2 Å². The van der Waals surface area contributed by atoms with E-state index in [0.717, 1.165) is 31.9 Å². The lowest BCUT2D eigenvalue weighted by Gasteiger charge is -2.06. The Labute approximate surface area is 270 Å². The van der Waals surface area contributed by atoms with Crippen LogP contribution in [0.15, 0.2) is 67.6 Å². The summed E-state index contributed by atoms with van der Waals surface area (Å²) in [5, 5.41) is 19.1. The van der Waals surface area contributed by atoms with Crippen LogP contribution in [0, 0.1) is 0 Å². The van der Waals surface area contributed by atoms with E-state index < -0.39 is 0 Å². The summed E-state index contributed by atoms with van der Waals surface area (Å²) < 4.78 is 5.37. The number of imidazole rings is 2. The third-order valence-electron chi connectivity index (χ3n) is 6.41. The van der Waals surface area contributed by atoms with Crippen molar-refractivity contribution < 1.29 is 4.79 Å². The Hall–Kier alpha value is -5.16. The van der Waals surface area contributed by atoms with Crippen molar-refractivity contribution in [2.45, 2.75) is 6.92 Å². The molecule has 8 aromatic rings. The highest BCUT2D eigenvalue weighted by molar-refractivity contribution is 7.23. The van der Waals surface area contributed by atoms with E-state index in [1.807, 2.05) is 45.5 Å². The van der Waals surface area contributed by atoms with Crippen LogP contribution >= 0.6 is 45.9 Å². The lowest BCUT2D eigenvalue weighted by molar-refractivity contribution is -0.114. The van der Waals surface area contributed by atoms with E-state index in [-0.39, 0.29) is 5.91 Å². The Morgan fingerprint density at radius 3 is 2.16 bits per heavy atom. The molecule has 14 nitrogen and oxygen atoms in total. The zero-order valence-electron chi connectivity index (χ0n) is 22.9. The van der Waals surface area contributed by atoms with E-state index in [4.69, 9.17) is 28.9 Å². The fourth-order valence-electron chi connectivity index (χ4n) is 4.53. The van der Waals surface area contributed by atoms with Gasteiger partial charge in [0.2, 0.25) is 5.91 Å². The van der Waals surface area contributed by atoms with Gasteiger partial charge in [0.15, 0.2) is 33.2 Å². The molecule has 7 aromatic heterocycles. The highest BCUT2D eigenvalue weighted by Crippen LogP contribution is 2.35. The van der Waals surface area contributed by atoms with Gasteiger partial charge in [0.25, 0.3) is 0 Å². The zero-order valence-corrected chi connectivity index (χ0v) is 26.1. The number of amides is 1. The van der Waals surface area contributed by atoms with Gasteiger partial charge in [-0.3, -0.25) is 24.1 Å². The quantitative estimate of drug-likeness (QED) is 0.159. The lowest BCUT2D eigenvalue weighted by atomic mass is 10.1. The number of fused-ring (bicyclic) bond motifs is 2. The SMILES string of the molecule is CC(=O)Nc1nc2[nH]nc(-n3cncc3-c3ccccc3Cl)c2s1.Nc1nc2[nH]nc(-n3cncc3-c3cccnc3Cl)c2s1. The predicted octanol–water partition coefficient (Wildman–Crippen LogP) is 5.99. The lowest BCUT2D eigenvalue weighted by Crippen LogP contribution is -2.04. The third-order valence-corrected chi connectivity index (χ3v) is 8.89. The first-order chi connectivity index (χ1) is 21.9. The molecule has 18 heteroatoms. The van der Waals surface area contributed by atoms with Crippen LogP contribution in [0.5, 0.6) is 0 Å². The molecule has 0 bridgehead atoms. The highest BCUT2D eigenvalue weighted by Gasteiger charge is 2.19. The minimum absolute atomic E-state index is 0.166. The molecule has 1 aromatic carbocycles. The Balaban J connectivity index is 0.000000146. The minimum atomic E-state index is -0.166. The number of anilines is 2. The van der Waals surface area contributed by atoms with E-state index in [2.05, 4.69) is 50.6 Å². The molecule has 7 heterocycles. The fraction of sp³-hybridized carbons (Fsp3) is 0.0370. The molecule has 0 aliphatic rings. The number of nitrogens with zero attached hydrogens (tertiary/aromatic N) is 9. The second kappa shape index (κ2) is 11.7. The first-order valence-corrected chi connectivity index (χ1v) is 15.4. The molecule has 0 atom stereocenters. The molecule has 0 aliphatic carbocycles. The first-order valence-electron chi connectivity index (χ1n) is 13.0. The first kappa shape index (κ1) is 28.6. The van der Waals surface area contributed by atoms with Crippen LogP contribution in [0.3, 0.4) is 0 Å². The number of nitrogens with two attached hydrogens (primary N) is 1. The maximum Gasteiger partial charge on any atom is 0.223 e. The molecule has 0 saturated carbocycles. The molecule has 0 aliphatic heterocycles. The molecule has 8 rings (SSSR count). The Morgan fingerprint density at radius 1 is 0.867 bits per heavy atom. The summed E-state index contributed by atoms with van der Waals surface area (Å²) in [5.74, 6) is 1.18. The number of hydrogen-bond donors (Lipinski definition) is 4. The van der Waals surface area contributed by atoms with Gasteiger partial charge in [-0.1, -0.05) is 64.1 Å². The number of hydrogen-bond acceptors (Lipinski definition) is 11. The number of thiazole rings is 2. The number of rotatable bonds is 5. The molecular weight excluding hydrogens is 657 g/mol. The molecule has 0 fully saturated rings. The number of aromatic nitrogens is 11. The van der Waals surface area contributed by atoms with Gasteiger partial charge in [-0.25, -0.2) is 24.9 Å². The molecular formula is C27H19Cl2N13OS2. The van der Waals surface area contributed by atoms with Crippen LogP contribution in [0.1, 0.15) is 6.92 Å². The van der Waals surface area contributed by atoms with Gasteiger partial charge < -0.3 is 11.1 Å². The van der Waals surface area contributed by atoms with Crippen molar-refractivity contribution in [2.75, 3.05) is 11.1 Å². The molecule has 1 amide bonds. The topological polar surface area (TPSA) is 187 Å². The number of halogens is 2. The standard InChI is InChI=1S/C15H11ClN6OS.C12H8ClN7S/c1-8(23)18-15-19-13-12(24-15)14(21-20-13)22-7-17-6-11(22)9-4-2-3-5-10(9)16;13-9-6(2-1-3-16-9)7-4-15-5-20(7)11-8-10(18-19-11)17-12(14)21-8/h2-7H,1H3,(H2,18,19,20,21,23);1-5H,(H3,14,17,18,19). The number of nitrogen functional groups attached to an aromatic ring is 1. The van der Waals surface area contributed by atoms with Crippen molar-refractivity contribution in [2.24, 2.45) is 0 Å². The van der Waals surface area contributed by atoms with Gasteiger partial charge >= 0.3 is 0 Å². The van der Waals surface area contributed by atoms with Crippen molar-refractivity contribution in [3.63, 3.8) is 0 Å². The Bertz CT molecular complexity index is 2310. The molecule has 224 valence electrons. The summed E-state index contributed by atoms with van der Waals surface area (Å²) in [6.07, 6.45) is 8.44. The Morgan fingerprint density at radius 2 is 1.49 bits per heavy atom. The number of pyridine rings is 1. The van der Waals surface area contributed by atoms with Crippen molar-refractivity contribution in [1.82, 2.24) is 54.4 Å². The van der Waals surface area contributed by atoms with Gasteiger partial charge in [-0.2, -0.15) is 10.2 Å². The summed E-state index contributed by atoms with van der Waals surface area (Å²) in [5.41, 5.74) is 10.3. The molecule has 0 spiro atoms. The van der Waals surface area contributed by atoms with Gasteiger partial charge in [-0.15, -0.1) is 0 Å². The number of H-pyrrole nitrogens is 2. The van der Waals surface area contributed by atoms with Gasteiger partial charge in [0.1, 0.15) is 27.2 Å². The maximum absolute atomic E-state index is 11.2. The molecule has 45 heavy (non-hydrogen) atoms. The molecule has 0 unspecified atom stereocenters. The van der Waals surface area contributed by atoms with Crippen molar-refractivity contribution in [3.05, 3.63) is 77.8 Å². The molecule has 5 N–H and O–H groups in total. The van der Waals surface area contributed by atoms with Crippen LogP contribution in [0.4, 0.5) is 10.3 Å². The smallest absolute Gasteiger partial charge is 0.223 e. The van der Waals surface area contributed by atoms with Crippen LogP contribution < -0.4 is 11.1 Å². The van der Waals surface area contributed by atoms with Gasteiger partial charge in [0, 0.05) is 29.3 Å². The summed E-state index contributed by atoms with van der Waals surface area (Å²) in [6, 6.07) is 11.3. The van der Waals surface area contributed by atoms with Crippen LogP contribution in [-0.4, -0.2) is 60.4 Å². The molecule has 0 radical (unpaired) electrons. The molecule has 0 saturated heterocycles. The summed E-state index contributed by atoms with van der Waals surface area (Å²) >= 11 is 15.2. The number of nitrogens with one attached hydrogen (secondary N) is 3. The average Bonchev–Trinajstić information content (AvgIpc) is 3.84. The minimum Gasteiger partial charge on any atom is -0.375 e. The van der Waals surface area contributed by atoms with E-state index in [9.17, 15) is 4.79 Å². The van der Waals surface area contributed by atoms with Gasteiger partial charge in [-0.05, 0) is 18.2 Å². The largest absolute Gasteiger partial charge is 0.375 e. The second-order valence-electron chi connectivity index (χ2n) is 9.32. The van der Waals surface area contributed by atoms with Gasteiger partial charge in [0.05, 0.1) is 23.8 Å². The third kappa shape index (κ3) is 5.40. The monoisotopic (exact) mass is 675 g/mol. The van der Waals surface area contributed by atoms with Crippen LogP contribution in [-0.2, 0) is 4.79 Å². The van der Waals surface area contributed by atoms with E-state index in [1.54, 1.807) is 31.2 Å². The highest BCUT2D eigenvalue weighted by atomic mass is 35.5. The number of carbonyl (C=O) groups excluding carboxylic acids is 1. The maximum atomic E-state index is 11.2. The number of aromatic amines is 2. The average molecular weight is 677 g/mol. The summed E-state index contributed by atoms with van der Waals surface area (Å²) in [4.78, 5) is 32.2. The summed E-state index contributed by atoms with van der Waals surface area (Å²) in [6.45, 7) is 1.44. The van der Waals surface area contributed by atoms with E-state index in [1.165, 1.54) is 29.6 Å². The van der Waals surface area contributed by atoms with Crippen molar-refractivity contribution in [1.29, 1.82) is 0 Å². The Kier molecular flexibility index (Phi) is 7.46. The number of benzene rings is 1. The van der Waals surface area contributed by atoms with E-state index in [0.29, 0.717) is 43.4 Å². The van der Waals surface area contributed by atoms with Crippen molar-refractivity contribution >= 4 is 82.7 Å². The number of carbonyl (C=O) groups is 1. The normalized spacial score (nSPS) is 11.2. The summed E-state index contributed by atoms with van der Waals surface area (Å²) in [7, 11) is 0. The van der Waals surface area contributed by atoms with E-state index >= 15 is 0 Å². The second-order valence-corrected chi connectivity index (χ2v) is 12.1. The van der Waals surface area contributed by atoms with Crippen molar-refractivity contribution in [3.8, 4) is 34.2 Å².